The number of rotatable bonds is 14. The fourth-order valence-electron chi connectivity index (χ4n) is 16.4. The third kappa shape index (κ3) is 18.3. The van der Waals surface area contributed by atoms with Gasteiger partial charge in [-0.25, -0.2) is 14.4 Å². The second kappa shape index (κ2) is 34.9. The number of nitrogens with zero attached hydrogens (tertiary/aromatic N) is 3. The molecular formula is C91H111ClN6O6. The average molecular weight is 1420 g/mol. The number of carbonyl (C=O) groups is 3. The molecule has 13 heteroatoms. The highest BCUT2D eigenvalue weighted by molar-refractivity contribution is 6.33. The number of anilines is 5. The van der Waals surface area contributed by atoms with Crippen LogP contribution in [0.4, 0.5) is 42.8 Å². The van der Waals surface area contributed by atoms with Crippen LogP contribution in [0, 0.1) is 17.8 Å². The van der Waals surface area contributed by atoms with Gasteiger partial charge in [-0.1, -0.05) is 194 Å². The predicted molar refractivity (Wildman–Crippen MR) is 431 cm³/mol. The summed E-state index contributed by atoms with van der Waals surface area (Å²) in [6.45, 7) is 22.9. The van der Waals surface area contributed by atoms with Gasteiger partial charge in [0.25, 0.3) is 0 Å². The van der Waals surface area contributed by atoms with Gasteiger partial charge in [0, 0.05) is 11.7 Å². The topological polar surface area (TPSA) is 125 Å². The van der Waals surface area contributed by atoms with E-state index in [4.69, 9.17) is 25.8 Å². The van der Waals surface area contributed by atoms with Crippen molar-refractivity contribution < 1.29 is 28.6 Å². The van der Waals surface area contributed by atoms with E-state index in [0.717, 1.165) is 92.0 Å². The van der Waals surface area contributed by atoms with Gasteiger partial charge in [-0.2, -0.15) is 0 Å². The molecule has 6 amide bonds. The number of hydrogen-bond donors (Lipinski definition) is 3. The van der Waals surface area contributed by atoms with Crippen LogP contribution in [-0.2, 0) is 0 Å². The summed E-state index contributed by atoms with van der Waals surface area (Å²) < 4.78 is 18.5. The number of fused-ring (bicyclic) bond motifs is 3. The summed E-state index contributed by atoms with van der Waals surface area (Å²) in [6, 6.07) is 60.7. The Kier molecular flexibility index (Phi) is 25.2. The molecule has 3 N–H and O–H groups in total. The lowest BCUT2D eigenvalue weighted by atomic mass is 9.77. The molecule has 4 unspecified atom stereocenters. The van der Waals surface area contributed by atoms with E-state index in [1.165, 1.54) is 124 Å². The number of nitrogens with one attached hydrogen (secondary N) is 3. The maximum atomic E-state index is 13.4. The zero-order valence-electron chi connectivity index (χ0n) is 63.2. The molecular weight excluding hydrogens is 1310 g/mol. The molecule has 104 heavy (non-hydrogen) atoms. The fourth-order valence-corrected chi connectivity index (χ4v) is 16.6. The van der Waals surface area contributed by atoms with Gasteiger partial charge in [-0.3, -0.25) is 14.7 Å². The molecule has 3 aliphatic carbocycles. The summed E-state index contributed by atoms with van der Waals surface area (Å²) >= 11 is 6.24. The van der Waals surface area contributed by atoms with E-state index in [0.29, 0.717) is 54.0 Å². The first kappa shape index (κ1) is 75.0. The first-order chi connectivity index (χ1) is 50.4. The molecule has 3 fully saturated rings. The third-order valence-corrected chi connectivity index (χ3v) is 23.5. The van der Waals surface area contributed by atoms with Gasteiger partial charge < -0.3 is 30.2 Å². The highest BCUT2D eigenvalue weighted by atomic mass is 35.5. The lowest BCUT2D eigenvalue weighted by Gasteiger charge is -2.34. The lowest BCUT2D eigenvalue weighted by Crippen LogP contribution is -2.49. The maximum absolute atomic E-state index is 13.4. The lowest BCUT2D eigenvalue weighted by molar-refractivity contribution is 0.204. The van der Waals surface area contributed by atoms with Gasteiger partial charge in [0.15, 0.2) is 0 Å². The number of carbonyl (C=O) groups excluding carboxylic acids is 3. The van der Waals surface area contributed by atoms with E-state index in [2.05, 4.69) is 167 Å². The van der Waals surface area contributed by atoms with Gasteiger partial charge in [0.05, 0.1) is 47.4 Å². The van der Waals surface area contributed by atoms with Crippen LogP contribution in [0.2, 0.25) is 5.02 Å². The molecule has 8 aromatic rings. The van der Waals surface area contributed by atoms with Crippen molar-refractivity contribution in [1.29, 1.82) is 0 Å². The van der Waals surface area contributed by atoms with Crippen molar-refractivity contribution in [3.63, 3.8) is 0 Å². The molecule has 8 aromatic carbocycles. The first-order valence-electron chi connectivity index (χ1n) is 39.2. The molecule has 0 radical (unpaired) electrons. The van der Waals surface area contributed by atoms with Crippen LogP contribution in [-0.4, -0.2) is 62.1 Å². The van der Waals surface area contributed by atoms with Gasteiger partial charge >= 0.3 is 18.1 Å². The monoisotopic (exact) mass is 1420 g/mol. The van der Waals surface area contributed by atoms with Crippen molar-refractivity contribution in [2.45, 2.75) is 220 Å². The van der Waals surface area contributed by atoms with Crippen LogP contribution in [0.1, 0.15) is 218 Å². The second-order valence-electron chi connectivity index (χ2n) is 30.7. The number of ether oxygens (including phenoxy) is 3. The van der Waals surface area contributed by atoms with E-state index >= 15 is 0 Å². The van der Waals surface area contributed by atoms with E-state index < -0.39 is 0 Å². The van der Waals surface area contributed by atoms with Gasteiger partial charge in [-0.15, -0.1) is 0 Å². The summed E-state index contributed by atoms with van der Waals surface area (Å²) in [7, 11) is 0. The summed E-state index contributed by atoms with van der Waals surface area (Å²) in [5, 5.41) is 9.67. The standard InChI is InChI=1S/C33H40N2O2.C30H33ClN2O2.C28H38N2O2/c1-5-24-10-12-25(13-11-24)26-14-16-27(17-15-26)28-18-19-31-32(20-28)37-23(4)21-35(31)33(36)34-30-9-7-6-8-29(30)22(2)3;1-3-21-8-10-22(11-9-21)23-12-14-24(15-13-23)25-16-17-28-29(18-25)35-20(2)19-33(28)30(34)32-27-7-5-4-6-26(27)31;1-5-19(3)29-28(31)30-18-20(4)32-27-17-25(15-16-26(27)30)24-13-11-23(12-14-24)22-9-7-21(6-2)8-10-22/h6-9,14-20,22-25H,5,10-13,21H2,1-4H3,(H,34,36);4-7,12-18,20-22H,3,8-11,19H2,1-2H3,(H,32,34);11-17,19-22H,5-10,18H2,1-4H3,(H,29,31). The van der Waals surface area contributed by atoms with Gasteiger partial charge in [0.2, 0.25) is 0 Å². The van der Waals surface area contributed by atoms with Crippen LogP contribution in [0.25, 0.3) is 33.4 Å². The highest BCUT2D eigenvalue weighted by Crippen LogP contribution is 2.45. The smallest absolute Gasteiger partial charge is 0.326 e. The molecule has 12 nitrogen and oxygen atoms in total. The van der Waals surface area contributed by atoms with Gasteiger partial charge in [-0.05, 0) is 263 Å². The number of hydrogen-bond acceptors (Lipinski definition) is 6. The molecule has 6 aliphatic rings. The summed E-state index contributed by atoms with van der Waals surface area (Å²) in [5.74, 6) is 7.42. The number of benzene rings is 8. The highest BCUT2D eigenvalue weighted by Gasteiger charge is 2.33. The molecule has 0 aromatic heterocycles. The van der Waals surface area contributed by atoms with Crippen molar-refractivity contribution in [1.82, 2.24) is 5.32 Å². The fraction of sp³-hybridized carbons (Fsp3) is 0.440. The number of halogens is 1. The van der Waals surface area contributed by atoms with Crippen molar-refractivity contribution in [3.8, 4) is 50.6 Å². The number of amides is 6. The maximum Gasteiger partial charge on any atom is 0.326 e. The van der Waals surface area contributed by atoms with Crippen molar-refractivity contribution in [2.75, 3.05) is 45.0 Å². The van der Waals surface area contributed by atoms with Crippen molar-refractivity contribution >= 4 is 58.1 Å². The molecule has 3 aliphatic heterocycles. The van der Waals surface area contributed by atoms with E-state index in [-0.39, 0.29) is 42.4 Å². The first-order valence-corrected chi connectivity index (χ1v) is 39.6. The molecule has 0 spiro atoms. The third-order valence-electron chi connectivity index (χ3n) is 23.1. The molecule has 548 valence electrons. The minimum absolute atomic E-state index is 0.0407. The predicted octanol–water partition coefficient (Wildman–Crippen LogP) is 24.6. The Morgan fingerprint density at radius 1 is 0.404 bits per heavy atom. The SMILES string of the molecule is CCC1CCC(c2ccc(-c3ccc4c(c3)OC(C)CN4C(=O)NC(C)CC)cc2)CC1.CCC1CCC(c2ccc(-c3ccc4c(c3)OC(C)CN4C(=O)Nc3ccccc3C(C)C)cc2)CC1.CCC1CCC(c2ccc(-c3ccc4c(c3)OC(C)CN4C(=O)Nc3ccccc3Cl)cc2)CC1. The molecule has 0 bridgehead atoms. The zero-order chi connectivity index (χ0) is 73.0. The van der Waals surface area contributed by atoms with Crippen molar-refractivity contribution in [2.24, 2.45) is 17.8 Å². The van der Waals surface area contributed by atoms with Crippen molar-refractivity contribution in [3.05, 3.63) is 203 Å². The van der Waals surface area contributed by atoms with Crippen LogP contribution in [0.3, 0.4) is 0 Å². The Morgan fingerprint density at radius 2 is 0.721 bits per heavy atom. The largest absolute Gasteiger partial charge is 0.487 e. The quantitative estimate of drug-likeness (QED) is 0.0996. The molecule has 4 atom stereocenters. The van der Waals surface area contributed by atoms with E-state index in [1.54, 1.807) is 21.9 Å². The molecule has 3 heterocycles. The summed E-state index contributed by atoms with van der Waals surface area (Å²) in [5.41, 5.74) is 16.3. The Labute approximate surface area is 625 Å². The number of urea groups is 3. The van der Waals surface area contributed by atoms with Crippen LogP contribution in [0.5, 0.6) is 17.2 Å². The Bertz CT molecular complexity index is 4170. The number of para-hydroxylation sites is 2. The van der Waals surface area contributed by atoms with Crippen LogP contribution in [0.15, 0.2) is 176 Å². The Morgan fingerprint density at radius 3 is 1.06 bits per heavy atom. The minimum Gasteiger partial charge on any atom is -0.487 e. The van der Waals surface area contributed by atoms with E-state index in [1.807, 2.05) is 87.2 Å². The molecule has 0 saturated heterocycles. The van der Waals surface area contributed by atoms with E-state index in [9.17, 15) is 14.4 Å². The Balaban J connectivity index is 0.000000147. The Hall–Kier alpha value is -8.74. The van der Waals surface area contributed by atoms with Crippen LogP contribution >= 0.6 is 11.6 Å². The normalized spacial score (nSPS) is 22.2. The zero-order valence-corrected chi connectivity index (χ0v) is 64.0. The molecule has 14 rings (SSSR count). The minimum atomic E-state index is -0.218. The molecule has 3 saturated carbocycles. The summed E-state index contributed by atoms with van der Waals surface area (Å²) in [4.78, 5) is 44.7. The van der Waals surface area contributed by atoms with Gasteiger partial charge in [0.1, 0.15) is 35.6 Å². The second-order valence-corrected chi connectivity index (χ2v) is 31.2. The summed E-state index contributed by atoms with van der Waals surface area (Å²) in [6.07, 6.45) is 20.6. The van der Waals surface area contributed by atoms with Crippen LogP contribution < -0.4 is 44.9 Å². The average Bonchev–Trinajstić information content (AvgIpc) is 0.793.